The number of halogens is 3. The molecule has 30 heavy (non-hydrogen) atoms. The smallest absolute Gasteiger partial charge is 0.346 e. The van der Waals surface area contributed by atoms with Crippen LogP contribution in [0, 0.1) is 40.6 Å². The number of rotatable bonds is 6. The minimum atomic E-state index is -1.17. The number of esters is 1. The fraction of sp³-hybridized carbons (Fsp3) is 0.391. The Morgan fingerprint density at radius 2 is 1.60 bits per heavy atom. The lowest BCUT2D eigenvalue weighted by Gasteiger charge is -2.27. The van der Waals surface area contributed by atoms with E-state index in [4.69, 9.17) is 14.7 Å². The van der Waals surface area contributed by atoms with Crippen LogP contribution in [0.1, 0.15) is 54.9 Å². The van der Waals surface area contributed by atoms with Crippen LogP contribution >= 0.6 is 0 Å². The highest BCUT2D eigenvalue weighted by atomic mass is 19.1. The molecule has 0 radical (unpaired) electrons. The first-order chi connectivity index (χ1) is 14.4. The predicted octanol–water partition coefficient (Wildman–Crippen LogP) is 5.79. The Kier molecular flexibility index (Phi) is 6.99. The number of benzene rings is 2. The zero-order valence-electron chi connectivity index (χ0n) is 16.6. The molecule has 0 aromatic heterocycles. The van der Waals surface area contributed by atoms with E-state index >= 15 is 0 Å². The number of nitriles is 1. The largest absolute Gasteiger partial charge is 0.493 e. The van der Waals surface area contributed by atoms with E-state index < -0.39 is 40.3 Å². The molecular weight excluding hydrogens is 395 g/mol. The third-order valence-corrected chi connectivity index (χ3v) is 5.53. The summed E-state index contributed by atoms with van der Waals surface area (Å²) in [6.45, 7) is 2.69. The lowest BCUT2D eigenvalue weighted by atomic mass is 9.81. The number of ether oxygens (including phenoxy) is 2. The van der Waals surface area contributed by atoms with Crippen LogP contribution in [-0.2, 0) is 0 Å². The summed E-state index contributed by atoms with van der Waals surface area (Å²) >= 11 is 0. The monoisotopic (exact) mass is 417 g/mol. The Labute approximate surface area is 173 Å². The molecule has 1 aliphatic rings. The second-order valence-electron chi connectivity index (χ2n) is 7.51. The lowest BCUT2D eigenvalue weighted by molar-refractivity contribution is 0.0729. The summed E-state index contributed by atoms with van der Waals surface area (Å²) in [5, 5.41) is 8.66. The minimum Gasteiger partial charge on any atom is -0.493 e. The van der Waals surface area contributed by atoms with Gasteiger partial charge in [-0.3, -0.25) is 0 Å². The highest BCUT2D eigenvalue weighted by molar-refractivity contribution is 5.91. The Hall–Kier alpha value is -3.01. The molecule has 0 saturated heterocycles. The molecule has 2 aromatic rings. The molecule has 3 rings (SSSR count). The van der Waals surface area contributed by atoms with Crippen molar-refractivity contribution in [2.45, 2.75) is 39.0 Å². The Morgan fingerprint density at radius 1 is 1.00 bits per heavy atom. The molecular formula is C23H22F3NO3. The minimum absolute atomic E-state index is 0.303. The van der Waals surface area contributed by atoms with Crippen molar-refractivity contribution >= 4 is 5.97 Å². The van der Waals surface area contributed by atoms with Crippen molar-refractivity contribution in [2.75, 3.05) is 6.61 Å². The summed E-state index contributed by atoms with van der Waals surface area (Å²) < 4.78 is 52.2. The molecule has 0 atom stereocenters. The summed E-state index contributed by atoms with van der Waals surface area (Å²) in [6.07, 6.45) is 5.73. The van der Waals surface area contributed by atoms with E-state index in [0.717, 1.165) is 24.8 Å². The van der Waals surface area contributed by atoms with E-state index in [1.165, 1.54) is 37.5 Å². The molecule has 4 nitrogen and oxygen atoms in total. The first-order valence-electron chi connectivity index (χ1n) is 9.95. The second-order valence-corrected chi connectivity index (χ2v) is 7.51. The van der Waals surface area contributed by atoms with Crippen LogP contribution in [0.3, 0.4) is 0 Å². The summed E-state index contributed by atoms with van der Waals surface area (Å²) in [7, 11) is 0. The van der Waals surface area contributed by atoms with Gasteiger partial charge < -0.3 is 9.47 Å². The number of carbonyl (C=O) groups is 1. The number of hydrogen-bond donors (Lipinski definition) is 0. The van der Waals surface area contributed by atoms with Crippen molar-refractivity contribution in [1.29, 1.82) is 5.26 Å². The topological polar surface area (TPSA) is 59.3 Å². The Morgan fingerprint density at radius 3 is 2.17 bits per heavy atom. The first-order valence-corrected chi connectivity index (χ1v) is 9.95. The molecule has 0 aliphatic heterocycles. The highest BCUT2D eigenvalue weighted by Crippen LogP contribution is 2.31. The van der Waals surface area contributed by atoms with Crippen LogP contribution in [0.15, 0.2) is 30.3 Å². The van der Waals surface area contributed by atoms with E-state index in [2.05, 4.69) is 6.92 Å². The van der Waals surface area contributed by atoms with Gasteiger partial charge in [-0.15, -0.1) is 0 Å². The standard InChI is InChI=1S/C23H22F3NO3/c1-2-14-3-5-15(6-4-14)13-29-16-7-8-18(20(24)9-16)23(28)30-17-10-21(25)19(12-27)22(26)11-17/h7-11,14-15H,2-6,13H2,1H3/t14-,15-. The van der Waals surface area contributed by atoms with Crippen molar-refractivity contribution < 1.29 is 27.4 Å². The van der Waals surface area contributed by atoms with Gasteiger partial charge in [-0.25, -0.2) is 18.0 Å². The lowest BCUT2D eigenvalue weighted by Crippen LogP contribution is -2.20. The van der Waals surface area contributed by atoms with E-state index in [-0.39, 0.29) is 0 Å². The summed E-state index contributed by atoms with van der Waals surface area (Å²) in [5.41, 5.74) is -1.18. The summed E-state index contributed by atoms with van der Waals surface area (Å²) in [6, 6.07) is 6.51. The van der Waals surface area contributed by atoms with Crippen molar-refractivity contribution in [3.63, 3.8) is 0 Å². The van der Waals surface area contributed by atoms with Crippen LogP contribution in [-0.4, -0.2) is 12.6 Å². The van der Waals surface area contributed by atoms with Crippen LogP contribution < -0.4 is 9.47 Å². The molecule has 0 spiro atoms. The fourth-order valence-electron chi connectivity index (χ4n) is 3.65. The molecule has 1 aliphatic carbocycles. The van der Waals surface area contributed by atoms with Crippen molar-refractivity contribution in [2.24, 2.45) is 11.8 Å². The number of hydrogen-bond acceptors (Lipinski definition) is 4. The molecule has 2 aromatic carbocycles. The first kappa shape index (κ1) is 21.7. The average Bonchev–Trinajstić information content (AvgIpc) is 2.72. The van der Waals surface area contributed by atoms with Gasteiger partial charge in [0.15, 0.2) is 0 Å². The molecule has 0 amide bonds. The molecule has 1 fully saturated rings. The van der Waals surface area contributed by atoms with Gasteiger partial charge in [-0.2, -0.15) is 5.26 Å². The summed E-state index contributed by atoms with van der Waals surface area (Å²) in [5.74, 6) is -3.26. The van der Waals surface area contributed by atoms with Crippen molar-refractivity contribution in [3.8, 4) is 17.6 Å². The second kappa shape index (κ2) is 9.66. The molecule has 7 heteroatoms. The van der Waals surface area contributed by atoms with Crippen molar-refractivity contribution in [1.82, 2.24) is 0 Å². The fourth-order valence-corrected chi connectivity index (χ4v) is 3.65. The van der Waals surface area contributed by atoms with Crippen LogP contribution in [0.2, 0.25) is 0 Å². The number of carbonyl (C=O) groups excluding carboxylic acids is 1. The van der Waals surface area contributed by atoms with Gasteiger partial charge in [0, 0.05) is 18.2 Å². The molecule has 0 N–H and O–H groups in total. The number of nitrogens with zero attached hydrogens (tertiary/aromatic N) is 1. The maximum Gasteiger partial charge on any atom is 0.346 e. The molecule has 0 unspecified atom stereocenters. The van der Waals surface area contributed by atoms with E-state index in [9.17, 15) is 18.0 Å². The van der Waals surface area contributed by atoms with Gasteiger partial charge in [0.25, 0.3) is 0 Å². The third kappa shape index (κ3) is 5.12. The SMILES string of the molecule is CC[C@H]1CC[C@H](COc2ccc(C(=O)Oc3cc(F)c(C#N)c(F)c3)c(F)c2)CC1. The van der Waals surface area contributed by atoms with Gasteiger partial charge in [-0.1, -0.05) is 26.2 Å². The zero-order chi connectivity index (χ0) is 21.7. The Balaban J connectivity index is 1.61. The van der Waals surface area contributed by atoms with E-state index in [1.807, 2.05) is 0 Å². The zero-order valence-corrected chi connectivity index (χ0v) is 16.6. The maximum atomic E-state index is 14.4. The quantitative estimate of drug-likeness (QED) is 0.441. The van der Waals surface area contributed by atoms with Gasteiger partial charge >= 0.3 is 5.97 Å². The van der Waals surface area contributed by atoms with Gasteiger partial charge in [0.1, 0.15) is 40.6 Å². The van der Waals surface area contributed by atoms with Crippen LogP contribution in [0.4, 0.5) is 13.2 Å². The van der Waals surface area contributed by atoms with Gasteiger partial charge in [-0.05, 0) is 36.8 Å². The molecule has 1 saturated carbocycles. The molecule has 0 bridgehead atoms. The molecule has 0 heterocycles. The highest BCUT2D eigenvalue weighted by Gasteiger charge is 2.21. The summed E-state index contributed by atoms with van der Waals surface area (Å²) in [4.78, 5) is 12.2. The van der Waals surface area contributed by atoms with Gasteiger partial charge in [0.05, 0.1) is 12.2 Å². The maximum absolute atomic E-state index is 14.4. The average molecular weight is 417 g/mol. The Bertz CT molecular complexity index is 940. The molecule has 158 valence electrons. The van der Waals surface area contributed by atoms with Crippen LogP contribution in [0.5, 0.6) is 11.5 Å². The normalized spacial score (nSPS) is 18.5. The van der Waals surface area contributed by atoms with Crippen molar-refractivity contribution in [3.05, 3.63) is 58.9 Å². The third-order valence-electron chi connectivity index (χ3n) is 5.53. The predicted molar refractivity (Wildman–Crippen MR) is 104 cm³/mol. The van der Waals surface area contributed by atoms with E-state index in [0.29, 0.717) is 30.4 Å². The van der Waals surface area contributed by atoms with Crippen LogP contribution in [0.25, 0.3) is 0 Å². The van der Waals surface area contributed by atoms with Gasteiger partial charge in [0.2, 0.25) is 0 Å². The van der Waals surface area contributed by atoms with E-state index in [1.54, 1.807) is 0 Å².